The summed E-state index contributed by atoms with van der Waals surface area (Å²) in [6.45, 7) is 3.55. The van der Waals surface area contributed by atoms with Crippen LogP contribution in [0.1, 0.15) is 13.8 Å². The van der Waals surface area contributed by atoms with Gasteiger partial charge in [-0.1, -0.05) is 12.1 Å². The number of likely N-dealkylation sites (N-methyl/N-ethyl adjacent to an activating group) is 1. The van der Waals surface area contributed by atoms with Gasteiger partial charge in [-0.15, -0.1) is 0 Å². The molecule has 5 heteroatoms. The molecule has 18 heavy (non-hydrogen) atoms. The first-order chi connectivity index (χ1) is 8.33. The van der Waals surface area contributed by atoms with E-state index in [1.54, 1.807) is 40.1 Å². The first-order valence-electron chi connectivity index (χ1n) is 5.71. The number of rotatable bonds is 4. The predicted molar refractivity (Wildman–Crippen MR) is 70.9 cm³/mol. The molecule has 0 aliphatic carbocycles. The Kier molecular flexibility index (Phi) is 4.55. The molecular weight excluding hydrogens is 232 g/mol. The van der Waals surface area contributed by atoms with Crippen molar-refractivity contribution in [2.75, 3.05) is 26.0 Å². The molecule has 0 aromatic heterocycles. The number of aliphatic hydroxyl groups is 1. The van der Waals surface area contributed by atoms with E-state index in [0.29, 0.717) is 11.4 Å². The smallest absolute Gasteiger partial charge is 0.321 e. The van der Waals surface area contributed by atoms with E-state index >= 15 is 0 Å². The monoisotopic (exact) mass is 252 g/mol. The topological polar surface area (TPSA) is 61.8 Å². The molecule has 2 N–H and O–H groups in total. The Balaban J connectivity index is 2.70. The molecule has 0 spiro atoms. The summed E-state index contributed by atoms with van der Waals surface area (Å²) in [7, 11) is 3.17. The number of amides is 2. The number of methoxy groups -OCH3 is 1. The van der Waals surface area contributed by atoms with Crippen LogP contribution in [-0.2, 0) is 0 Å². The van der Waals surface area contributed by atoms with Crippen LogP contribution in [0.2, 0.25) is 0 Å². The summed E-state index contributed by atoms with van der Waals surface area (Å²) in [5.41, 5.74) is -0.319. The molecule has 0 unspecified atom stereocenters. The standard InChI is InChI=1S/C13H20N2O3/c1-13(2,17)9-15(3)12(16)14-10-7-5-6-8-11(10)18-4/h5-8,17H,9H2,1-4H3,(H,14,16). The highest BCUT2D eigenvalue weighted by Gasteiger charge is 2.19. The minimum Gasteiger partial charge on any atom is -0.495 e. The molecule has 2 amide bonds. The van der Waals surface area contributed by atoms with Crippen LogP contribution in [0.4, 0.5) is 10.5 Å². The molecule has 0 aliphatic heterocycles. The number of ether oxygens (including phenoxy) is 1. The minimum atomic E-state index is -0.924. The molecule has 0 radical (unpaired) electrons. The van der Waals surface area contributed by atoms with Crippen molar-refractivity contribution < 1.29 is 14.6 Å². The van der Waals surface area contributed by atoms with Crippen molar-refractivity contribution in [2.24, 2.45) is 0 Å². The average Bonchev–Trinajstić information content (AvgIpc) is 2.27. The summed E-state index contributed by atoms with van der Waals surface area (Å²) in [5, 5.41) is 12.4. The van der Waals surface area contributed by atoms with E-state index in [9.17, 15) is 9.90 Å². The van der Waals surface area contributed by atoms with E-state index in [4.69, 9.17) is 4.74 Å². The first kappa shape index (κ1) is 14.3. The van der Waals surface area contributed by atoms with E-state index in [2.05, 4.69) is 5.32 Å². The van der Waals surface area contributed by atoms with Gasteiger partial charge in [0.15, 0.2) is 0 Å². The number of nitrogens with zero attached hydrogens (tertiary/aromatic N) is 1. The van der Waals surface area contributed by atoms with Gasteiger partial charge in [-0.05, 0) is 26.0 Å². The van der Waals surface area contributed by atoms with Crippen LogP contribution in [0.5, 0.6) is 5.75 Å². The number of benzene rings is 1. The second-order valence-corrected chi connectivity index (χ2v) is 4.80. The predicted octanol–water partition coefficient (Wildman–Crippen LogP) is 1.93. The fourth-order valence-electron chi connectivity index (χ4n) is 1.61. The molecule has 0 saturated carbocycles. The van der Waals surface area contributed by atoms with Crippen molar-refractivity contribution in [1.29, 1.82) is 0 Å². The zero-order valence-electron chi connectivity index (χ0n) is 11.2. The Bertz CT molecular complexity index is 413. The van der Waals surface area contributed by atoms with E-state index in [1.165, 1.54) is 4.90 Å². The molecule has 0 atom stereocenters. The number of anilines is 1. The molecule has 1 rings (SSSR count). The van der Waals surface area contributed by atoms with Crippen molar-refractivity contribution in [1.82, 2.24) is 4.90 Å². The van der Waals surface area contributed by atoms with Crippen LogP contribution < -0.4 is 10.1 Å². The van der Waals surface area contributed by atoms with Gasteiger partial charge in [0, 0.05) is 7.05 Å². The van der Waals surface area contributed by atoms with Gasteiger partial charge < -0.3 is 20.1 Å². The van der Waals surface area contributed by atoms with Crippen LogP contribution in [-0.4, -0.2) is 42.3 Å². The second kappa shape index (κ2) is 5.73. The van der Waals surface area contributed by atoms with Gasteiger partial charge in [0.1, 0.15) is 5.75 Å². The SMILES string of the molecule is COc1ccccc1NC(=O)N(C)CC(C)(C)O. The Morgan fingerprint density at radius 3 is 2.61 bits per heavy atom. The fourth-order valence-corrected chi connectivity index (χ4v) is 1.61. The molecular formula is C13H20N2O3. The number of carbonyl (C=O) groups is 1. The lowest BCUT2D eigenvalue weighted by atomic mass is 10.1. The number of urea groups is 1. The molecule has 1 aromatic carbocycles. The lowest BCUT2D eigenvalue weighted by molar-refractivity contribution is 0.0550. The summed E-state index contributed by atoms with van der Waals surface area (Å²) in [6, 6.07) is 6.88. The molecule has 0 bridgehead atoms. The zero-order chi connectivity index (χ0) is 13.8. The Morgan fingerprint density at radius 2 is 2.06 bits per heavy atom. The molecule has 0 saturated heterocycles. The van der Waals surface area contributed by atoms with Gasteiger partial charge in [0.25, 0.3) is 0 Å². The highest BCUT2D eigenvalue weighted by molar-refractivity contribution is 5.90. The lowest BCUT2D eigenvalue weighted by Gasteiger charge is -2.26. The van der Waals surface area contributed by atoms with Crippen LogP contribution in [0, 0.1) is 0 Å². The van der Waals surface area contributed by atoms with Crippen molar-refractivity contribution >= 4 is 11.7 Å². The Hall–Kier alpha value is -1.75. The van der Waals surface area contributed by atoms with Crippen molar-refractivity contribution in [3.05, 3.63) is 24.3 Å². The summed E-state index contributed by atoms with van der Waals surface area (Å²) in [4.78, 5) is 13.3. The van der Waals surface area contributed by atoms with Gasteiger partial charge in [-0.2, -0.15) is 0 Å². The molecule has 5 nitrogen and oxygen atoms in total. The van der Waals surface area contributed by atoms with Crippen LogP contribution in [0.25, 0.3) is 0 Å². The van der Waals surface area contributed by atoms with Gasteiger partial charge in [-0.25, -0.2) is 4.79 Å². The third-order valence-electron chi connectivity index (χ3n) is 2.32. The van der Waals surface area contributed by atoms with Crippen molar-refractivity contribution in [2.45, 2.75) is 19.4 Å². The zero-order valence-corrected chi connectivity index (χ0v) is 11.2. The molecule has 0 aliphatic rings. The fraction of sp³-hybridized carbons (Fsp3) is 0.462. The van der Waals surface area contributed by atoms with Crippen LogP contribution in [0.3, 0.4) is 0 Å². The van der Waals surface area contributed by atoms with Crippen molar-refractivity contribution in [3.63, 3.8) is 0 Å². The third kappa shape index (κ3) is 4.25. The van der Waals surface area contributed by atoms with Crippen LogP contribution >= 0.6 is 0 Å². The highest BCUT2D eigenvalue weighted by Crippen LogP contribution is 2.23. The van der Waals surface area contributed by atoms with E-state index < -0.39 is 5.60 Å². The summed E-state index contributed by atoms with van der Waals surface area (Å²) in [6.07, 6.45) is 0. The number of para-hydroxylation sites is 2. The minimum absolute atomic E-state index is 0.244. The maximum absolute atomic E-state index is 11.9. The van der Waals surface area contributed by atoms with Crippen LogP contribution in [0.15, 0.2) is 24.3 Å². The maximum atomic E-state index is 11.9. The number of nitrogens with one attached hydrogen (secondary N) is 1. The van der Waals surface area contributed by atoms with Gasteiger partial charge in [-0.3, -0.25) is 0 Å². The first-order valence-corrected chi connectivity index (χ1v) is 5.71. The molecule has 0 heterocycles. The maximum Gasteiger partial charge on any atom is 0.321 e. The largest absolute Gasteiger partial charge is 0.495 e. The molecule has 0 fully saturated rings. The molecule has 1 aromatic rings. The highest BCUT2D eigenvalue weighted by atomic mass is 16.5. The van der Waals surface area contributed by atoms with E-state index in [1.807, 2.05) is 12.1 Å². The molecule has 100 valence electrons. The summed E-state index contributed by atoms with van der Waals surface area (Å²) < 4.78 is 5.14. The quantitative estimate of drug-likeness (QED) is 0.860. The summed E-state index contributed by atoms with van der Waals surface area (Å²) >= 11 is 0. The Labute approximate surface area is 107 Å². The lowest BCUT2D eigenvalue weighted by Crippen LogP contribution is -2.41. The normalized spacial score (nSPS) is 10.9. The Morgan fingerprint density at radius 1 is 1.44 bits per heavy atom. The van der Waals surface area contributed by atoms with Gasteiger partial charge in [0.05, 0.1) is 24.9 Å². The number of hydrogen-bond acceptors (Lipinski definition) is 3. The van der Waals surface area contributed by atoms with E-state index in [-0.39, 0.29) is 12.6 Å². The van der Waals surface area contributed by atoms with E-state index in [0.717, 1.165) is 0 Å². The van der Waals surface area contributed by atoms with Gasteiger partial charge in [0.2, 0.25) is 0 Å². The third-order valence-corrected chi connectivity index (χ3v) is 2.32. The average molecular weight is 252 g/mol. The number of hydrogen-bond donors (Lipinski definition) is 2. The van der Waals surface area contributed by atoms with Gasteiger partial charge >= 0.3 is 6.03 Å². The second-order valence-electron chi connectivity index (χ2n) is 4.80. The van der Waals surface area contributed by atoms with Crippen molar-refractivity contribution in [3.8, 4) is 5.75 Å². The summed E-state index contributed by atoms with van der Waals surface area (Å²) in [5.74, 6) is 0.600. The number of carbonyl (C=O) groups excluding carboxylic acids is 1.